The van der Waals surface area contributed by atoms with E-state index in [1.54, 1.807) is 4.90 Å². The van der Waals surface area contributed by atoms with Gasteiger partial charge in [0.15, 0.2) is 10.2 Å². The van der Waals surface area contributed by atoms with Crippen LogP contribution in [0.2, 0.25) is 0 Å². The summed E-state index contributed by atoms with van der Waals surface area (Å²) in [6.45, 7) is 0.602. The van der Waals surface area contributed by atoms with Crippen LogP contribution in [0.5, 0.6) is 0 Å². The second-order valence-electron chi connectivity index (χ2n) is 5.74. The van der Waals surface area contributed by atoms with Gasteiger partial charge in [-0.15, -0.1) is 0 Å². The van der Waals surface area contributed by atoms with E-state index in [9.17, 15) is 5.26 Å². The number of nitrogens with one attached hydrogen (secondary N) is 3. The predicted molar refractivity (Wildman–Crippen MR) is 120 cm³/mol. The van der Waals surface area contributed by atoms with E-state index in [-0.39, 0.29) is 13.0 Å². The standard InChI is InChI=1S/C20H20N6S2/c21-12-7-13-26(20(28)25-17-10-5-2-6-11-17)18(14-22)15-23-19(27)24-16-8-3-1-4-9-16/h1-6,8-11,18H,7,13,15H2,(H,25,28)(H2,23,24,27). The van der Waals surface area contributed by atoms with Crippen molar-refractivity contribution in [1.29, 1.82) is 10.5 Å². The third kappa shape index (κ3) is 6.84. The molecule has 0 aliphatic rings. The lowest BCUT2D eigenvalue weighted by molar-refractivity contribution is 0.374. The van der Waals surface area contributed by atoms with Crippen LogP contribution in [0.1, 0.15) is 6.42 Å². The molecule has 6 nitrogen and oxygen atoms in total. The molecular formula is C20H20N6S2. The first-order chi connectivity index (χ1) is 13.6. The minimum Gasteiger partial charge on any atom is -0.359 e. The third-order valence-electron chi connectivity index (χ3n) is 3.76. The molecule has 0 heterocycles. The first kappa shape index (κ1) is 21.1. The predicted octanol–water partition coefficient (Wildman–Crippen LogP) is 3.48. The van der Waals surface area contributed by atoms with Gasteiger partial charge in [-0.3, -0.25) is 0 Å². The molecule has 28 heavy (non-hydrogen) atoms. The Hall–Kier alpha value is -3.20. The monoisotopic (exact) mass is 408 g/mol. The van der Waals surface area contributed by atoms with E-state index in [0.717, 1.165) is 11.4 Å². The Labute approximate surface area is 175 Å². The summed E-state index contributed by atoms with van der Waals surface area (Å²) < 4.78 is 0. The molecule has 0 saturated heterocycles. The van der Waals surface area contributed by atoms with Gasteiger partial charge in [-0.1, -0.05) is 36.4 Å². The van der Waals surface area contributed by atoms with Crippen molar-refractivity contribution in [1.82, 2.24) is 10.2 Å². The molecule has 0 aromatic heterocycles. The van der Waals surface area contributed by atoms with Crippen LogP contribution in [0.3, 0.4) is 0 Å². The average molecular weight is 409 g/mol. The molecule has 0 radical (unpaired) electrons. The summed E-state index contributed by atoms with van der Waals surface area (Å²) in [5.74, 6) is 0. The molecule has 0 fully saturated rings. The fraction of sp³-hybridized carbons (Fsp3) is 0.200. The van der Waals surface area contributed by atoms with Gasteiger partial charge in [-0.25, -0.2) is 0 Å². The maximum Gasteiger partial charge on any atom is 0.174 e. The number of thiocarbonyl (C=S) groups is 2. The molecule has 3 N–H and O–H groups in total. The van der Waals surface area contributed by atoms with Crippen molar-refractivity contribution in [2.45, 2.75) is 12.5 Å². The largest absolute Gasteiger partial charge is 0.359 e. The number of para-hydroxylation sites is 2. The summed E-state index contributed by atoms with van der Waals surface area (Å²) in [4.78, 5) is 1.70. The number of hydrogen-bond donors (Lipinski definition) is 3. The molecule has 0 amide bonds. The van der Waals surface area contributed by atoms with Crippen molar-refractivity contribution in [2.75, 3.05) is 23.7 Å². The van der Waals surface area contributed by atoms with Crippen LogP contribution in [0.25, 0.3) is 0 Å². The number of anilines is 2. The summed E-state index contributed by atoms with van der Waals surface area (Å²) in [5.41, 5.74) is 1.68. The Balaban J connectivity index is 1.99. The molecule has 0 aliphatic heterocycles. The summed E-state index contributed by atoms with van der Waals surface area (Å²) in [7, 11) is 0. The fourth-order valence-corrected chi connectivity index (χ4v) is 2.94. The minimum atomic E-state index is -0.590. The topological polar surface area (TPSA) is 86.9 Å². The van der Waals surface area contributed by atoms with E-state index in [2.05, 4.69) is 28.1 Å². The van der Waals surface area contributed by atoms with E-state index in [1.807, 2.05) is 60.7 Å². The zero-order valence-electron chi connectivity index (χ0n) is 15.1. The molecule has 0 saturated carbocycles. The molecule has 0 aliphatic carbocycles. The van der Waals surface area contributed by atoms with Crippen molar-refractivity contribution >= 4 is 46.0 Å². The van der Waals surface area contributed by atoms with Gasteiger partial charge in [-0.2, -0.15) is 10.5 Å². The smallest absolute Gasteiger partial charge is 0.174 e. The summed E-state index contributed by atoms with van der Waals surface area (Å²) in [6.07, 6.45) is 0.251. The van der Waals surface area contributed by atoms with Crippen LogP contribution in [-0.4, -0.2) is 34.3 Å². The lowest BCUT2D eigenvalue weighted by Gasteiger charge is -2.29. The number of rotatable bonds is 7. The van der Waals surface area contributed by atoms with Crippen molar-refractivity contribution in [2.24, 2.45) is 0 Å². The molecule has 2 rings (SSSR count). The van der Waals surface area contributed by atoms with Crippen molar-refractivity contribution < 1.29 is 0 Å². The zero-order valence-corrected chi connectivity index (χ0v) is 16.8. The maximum absolute atomic E-state index is 9.65. The summed E-state index contributed by atoms with van der Waals surface area (Å²) >= 11 is 10.8. The Morgan fingerprint density at radius 2 is 1.50 bits per heavy atom. The Morgan fingerprint density at radius 1 is 0.929 bits per heavy atom. The van der Waals surface area contributed by atoms with Crippen LogP contribution < -0.4 is 16.0 Å². The summed E-state index contributed by atoms with van der Waals surface area (Å²) in [6, 6.07) is 22.7. The number of hydrogen-bond acceptors (Lipinski definition) is 4. The molecule has 1 atom stereocenters. The van der Waals surface area contributed by atoms with Crippen LogP contribution in [0.15, 0.2) is 60.7 Å². The highest BCUT2D eigenvalue weighted by Gasteiger charge is 2.21. The quantitative estimate of drug-likeness (QED) is 0.600. The van der Waals surface area contributed by atoms with Crippen LogP contribution in [0, 0.1) is 22.7 Å². The van der Waals surface area contributed by atoms with E-state index in [1.165, 1.54) is 0 Å². The molecule has 1 unspecified atom stereocenters. The second kappa shape index (κ2) is 11.5. The molecule has 2 aromatic rings. The Kier molecular flexibility index (Phi) is 8.67. The number of nitriles is 2. The maximum atomic E-state index is 9.65. The minimum absolute atomic E-state index is 0.251. The van der Waals surface area contributed by atoms with Crippen LogP contribution in [0.4, 0.5) is 11.4 Å². The van der Waals surface area contributed by atoms with Crippen molar-refractivity contribution in [3.8, 4) is 12.1 Å². The molecule has 2 aromatic carbocycles. The van der Waals surface area contributed by atoms with Gasteiger partial charge < -0.3 is 20.9 Å². The molecule has 0 spiro atoms. The van der Waals surface area contributed by atoms with Gasteiger partial charge >= 0.3 is 0 Å². The van der Waals surface area contributed by atoms with Gasteiger partial charge in [0.1, 0.15) is 6.04 Å². The Bertz CT molecular complexity index is 858. The third-order valence-corrected chi connectivity index (χ3v) is 4.35. The summed E-state index contributed by atoms with van der Waals surface area (Å²) in [5, 5.41) is 28.6. The van der Waals surface area contributed by atoms with Crippen molar-refractivity contribution in [3.63, 3.8) is 0 Å². The highest BCUT2D eigenvalue weighted by Crippen LogP contribution is 2.10. The van der Waals surface area contributed by atoms with E-state index in [0.29, 0.717) is 16.8 Å². The SMILES string of the molecule is N#CCCN(C(=S)Nc1ccccc1)C(C#N)CNC(=S)Nc1ccccc1. The average Bonchev–Trinajstić information content (AvgIpc) is 2.72. The van der Waals surface area contributed by atoms with Crippen LogP contribution >= 0.6 is 24.4 Å². The first-order valence-corrected chi connectivity index (χ1v) is 9.45. The van der Waals surface area contributed by atoms with Crippen molar-refractivity contribution in [3.05, 3.63) is 60.7 Å². The highest BCUT2D eigenvalue weighted by atomic mass is 32.1. The van der Waals surface area contributed by atoms with Gasteiger partial charge in [0.05, 0.1) is 25.1 Å². The zero-order chi connectivity index (χ0) is 20.2. The number of benzene rings is 2. The molecule has 8 heteroatoms. The fourth-order valence-electron chi connectivity index (χ4n) is 2.40. The molecule has 0 bridgehead atoms. The molecule has 142 valence electrons. The lowest BCUT2D eigenvalue weighted by Crippen LogP contribution is -2.48. The van der Waals surface area contributed by atoms with Gasteiger partial charge in [0.25, 0.3) is 0 Å². The van der Waals surface area contributed by atoms with Gasteiger partial charge in [0, 0.05) is 17.9 Å². The van der Waals surface area contributed by atoms with E-state index >= 15 is 0 Å². The highest BCUT2D eigenvalue weighted by molar-refractivity contribution is 7.80. The first-order valence-electron chi connectivity index (χ1n) is 8.63. The number of nitrogens with zero attached hydrogens (tertiary/aromatic N) is 3. The Morgan fingerprint density at radius 3 is 2.04 bits per heavy atom. The normalized spacial score (nSPS) is 10.6. The molecular weight excluding hydrogens is 388 g/mol. The van der Waals surface area contributed by atoms with Gasteiger partial charge in [0.2, 0.25) is 0 Å². The van der Waals surface area contributed by atoms with E-state index < -0.39 is 6.04 Å². The van der Waals surface area contributed by atoms with Crippen LogP contribution in [-0.2, 0) is 0 Å². The lowest BCUT2D eigenvalue weighted by atomic mass is 10.2. The van der Waals surface area contributed by atoms with E-state index in [4.69, 9.17) is 29.7 Å². The van der Waals surface area contributed by atoms with Gasteiger partial charge in [-0.05, 0) is 48.7 Å². The second-order valence-corrected chi connectivity index (χ2v) is 6.54.